The molecule has 1 aromatic carbocycles. The highest BCUT2D eigenvalue weighted by Crippen LogP contribution is 2.42. The van der Waals surface area contributed by atoms with Gasteiger partial charge >= 0.3 is 0 Å². The van der Waals surface area contributed by atoms with E-state index in [0.717, 1.165) is 30.3 Å². The predicted octanol–water partition coefficient (Wildman–Crippen LogP) is 4.74. The van der Waals surface area contributed by atoms with E-state index in [4.69, 9.17) is 12.2 Å². The summed E-state index contributed by atoms with van der Waals surface area (Å²) in [6.45, 7) is 0. The standard InChI is InChI=1S/C16H10Br2FN3OS/c17-10-3-8(4-11(18)14(10)23)15(24)13-12(7-1-2-7)21-16-20-5-9(19)6-22(13)16/h3-7,23H,1-2H2. The lowest BCUT2D eigenvalue weighted by Gasteiger charge is -2.09. The second kappa shape index (κ2) is 5.86. The van der Waals surface area contributed by atoms with Crippen molar-refractivity contribution in [2.75, 3.05) is 0 Å². The Bertz CT molecular complexity index is 977. The first kappa shape index (κ1) is 16.1. The van der Waals surface area contributed by atoms with E-state index in [1.165, 1.54) is 6.20 Å². The monoisotopic (exact) mass is 469 g/mol. The molecule has 122 valence electrons. The van der Waals surface area contributed by atoms with Crippen LogP contribution in [0.1, 0.15) is 35.7 Å². The summed E-state index contributed by atoms with van der Waals surface area (Å²) in [6.07, 6.45) is 4.60. The number of phenols is 1. The molecular formula is C16H10Br2FN3OS. The predicted molar refractivity (Wildman–Crippen MR) is 99.2 cm³/mol. The smallest absolute Gasteiger partial charge is 0.234 e. The maximum Gasteiger partial charge on any atom is 0.234 e. The van der Waals surface area contributed by atoms with Crippen molar-refractivity contribution in [1.29, 1.82) is 0 Å². The van der Waals surface area contributed by atoms with Crippen LogP contribution in [0.15, 0.2) is 33.5 Å². The van der Waals surface area contributed by atoms with Crippen molar-refractivity contribution in [1.82, 2.24) is 14.4 Å². The topological polar surface area (TPSA) is 50.4 Å². The van der Waals surface area contributed by atoms with E-state index in [1.807, 2.05) is 0 Å². The zero-order valence-electron chi connectivity index (χ0n) is 12.1. The highest BCUT2D eigenvalue weighted by atomic mass is 79.9. The van der Waals surface area contributed by atoms with E-state index in [1.54, 1.807) is 16.5 Å². The van der Waals surface area contributed by atoms with E-state index in [0.29, 0.717) is 31.2 Å². The number of rotatable bonds is 3. The van der Waals surface area contributed by atoms with Crippen molar-refractivity contribution in [2.45, 2.75) is 18.8 Å². The lowest BCUT2D eigenvalue weighted by molar-refractivity contribution is 0.468. The first-order valence-electron chi connectivity index (χ1n) is 7.22. The molecular weight excluding hydrogens is 461 g/mol. The van der Waals surface area contributed by atoms with Gasteiger partial charge in [0.25, 0.3) is 0 Å². The third kappa shape index (κ3) is 2.66. The van der Waals surface area contributed by atoms with Gasteiger partial charge in [-0.05, 0) is 62.4 Å². The van der Waals surface area contributed by atoms with Crippen LogP contribution < -0.4 is 0 Å². The maximum absolute atomic E-state index is 13.7. The number of aromatic nitrogens is 3. The van der Waals surface area contributed by atoms with Gasteiger partial charge in [-0.1, -0.05) is 12.2 Å². The van der Waals surface area contributed by atoms with Gasteiger partial charge in [0.1, 0.15) is 5.75 Å². The van der Waals surface area contributed by atoms with Crippen molar-refractivity contribution in [3.63, 3.8) is 0 Å². The molecule has 2 aromatic heterocycles. The Morgan fingerprint density at radius 2 is 1.96 bits per heavy atom. The molecule has 0 saturated heterocycles. The van der Waals surface area contributed by atoms with Crippen LogP contribution in [0.5, 0.6) is 5.75 Å². The lowest BCUT2D eigenvalue weighted by Crippen LogP contribution is -2.08. The molecule has 0 aliphatic heterocycles. The Morgan fingerprint density at radius 1 is 1.29 bits per heavy atom. The number of aromatic hydroxyl groups is 1. The van der Waals surface area contributed by atoms with Crippen LogP contribution in [-0.2, 0) is 0 Å². The molecule has 0 unspecified atom stereocenters. The first-order chi connectivity index (χ1) is 11.5. The summed E-state index contributed by atoms with van der Waals surface area (Å²) < 4.78 is 16.4. The zero-order valence-corrected chi connectivity index (χ0v) is 16.1. The summed E-state index contributed by atoms with van der Waals surface area (Å²) in [4.78, 5) is 9.15. The van der Waals surface area contributed by atoms with Gasteiger partial charge in [-0.25, -0.2) is 14.4 Å². The normalized spacial score (nSPS) is 14.3. The number of nitrogens with zero attached hydrogens (tertiary/aromatic N) is 3. The second-order valence-corrected chi connectivity index (χ2v) is 7.80. The van der Waals surface area contributed by atoms with Crippen LogP contribution in [0, 0.1) is 5.82 Å². The van der Waals surface area contributed by atoms with Gasteiger partial charge in [-0.15, -0.1) is 0 Å². The molecule has 0 atom stereocenters. The molecule has 1 aliphatic carbocycles. The van der Waals surface area contributed by atoms with Crippen molar-refractivity contribution < 1.29 is 9.50 Å². The minimum absolute atomic E-state index is 0.106. The zero-order chi connectivity index (χ0) is 17.0. The summed E-state index contributed by atoms with van der Waals surface area (Å²) in [6, 6.07) is 3.48. The molecule has 0 spiro atoms. The SMILES string of the molecule is Oc1c(Br)cc(C(=S)c2c(C3CC3)nc3ncc(F)cn23)cc1Br. The number of phenolic OH excluding ortho intramolecular Hbond substituents is 1. The van der Waals surface area contributed by atoms with E-state index < -0.39 is 5.82 Å². The van der Waals surface area contributed by atoms with Crippen LogP contribution in [-0.4, -0.2) is 24.3 Å². The van der Waals surface area contributed by atoms with Crippen molar-refractivity contribution in [3.8, 4) is 5.75 Å². The summed E-state index contributed by atoms with van der Waals surface area (Å²) in [5, 5.41) is 9.89. The third-order valence-electron chi connectivity index (χ3n) is 3.93. The number of benzene rings is 1. The van der Waals surface area contributed by atoms with E-state index in [2.05, 4.69) is 41.8 Å². The van der Waals surface area contributed by atoms with Gasteiger partial charge in [0, 0.05) is 12.1 Å². The van der Waals surface area contributed by atoms with Crippen LogP contribution in [0.4, 0.5) is 4.39 Å². The molecule has 4 nitrogen and oxygen atoms in total. The summed E-state index contributed by atoms with van der Waals surface area (Å²) >= 11 is 12.3. The summed E-state index contributed by atoms with van der Waals surface area (Å²) in [5.41, 5.74) is 2.28. The summed E-state index contributed by atoms with van der Waals surface area (Å²) in [7, 11) is 0. The van der Waals surface area contributed by atoms with Gasteiger partial charge in [-0.3, -0.25) is 4.40 Å². The number of fused-ring (bicyclic) bond motifs is 1. The fourth-order valence-electron chi connectivity index (χ4n) is 2.63. The van der Waals surface area contributed by atoms with E-state index in [9.17, 15) is 9.50 Å². The molecule has 24 heavy (non-hydrogen) atoms. The minimum atomic E-state index is -0.445. The molecule has 1 fully saturated rings. The Kier molecular flexibility index (Phi) is 3.93. The molecule has 8 heteroatoms. The van der Waals surface area contributed by atoms with Crippen molar-refractivity contribution >= 4 is 54.7 Å². The molecule has 1 aliphatic rings. The van der Waals surface area contributed by atoms with Crippen LogP contribution in [0.2, 0.25) is 0 Å². The molecule has 0 bridgehead atoms. The number of imidazole rings is 1. The second-order valence-electron chi connectivity index (χ2n) is 5.68. The van der Waals surface area contributed by atoms with Gasteiger partial charge < -0.3 is 5.11 Å². The Hall–Kier alpha value is -1.38. The van der Waals surface area contributed by atoms with Gasteiger partial charge in [0.2, 0.25) is 5.78 Å². The average Bonchev–Trinajstić information content (AvgIpc) is 3.32. The highest BCUT2D eigenvalue weighted by molar-refractivity contribution is 9.11. The minimum Gasteiger partial charge on any atom is -0.506 e. The van der Waals surface area contributed by atoms with Crippen molar-refractivity contribution in [2.24, 2.45) is 0 Å². The van der Waals surface area contributed by atoms with Crippen LogP contribution in [0.25, 0.3) is 5.78 Å². The van der Waals surface area contributed by atoms with E-state index in [-0.39, 0.29) is 5.75 Å². The van der Waals surface area contributed by atoms with E-state index >= 15 is 0 Å². The number of thiocarbonyl (C=S) groups is 1. The quantitative estimate of drug-likeness (QED) is 0.443. The molecule has 0 amide bonds. The van der Waals surface area contributed by atoms with Crippen LogP contribution in [0.3, 0.4) is 0 Å². The average molecular weight is 471 g/mol. The molecule has 4 rings (SSSR count). The van der Waals surface area contributed by atoms with Gasteiger partial charge in [0.05, 0.1) is 31.4 Å². The number of hydrogen-bond acceptors (Lipinski definition) is 4. The Morgan fingerprint density at radius 3 is 2.58 bits per heavy atom. The number of halogens is 3. The van der Waals surface area contributed by atoms with Gasteiger partial charge in [-0.2, -0.15) is 0 Å². The molecule has 1 N–H and O–H groups in total. The molecule has 1 saturated carbocycles. The van der Waals surface area contributed by atoms with Crippen molar-refractivity contribution in [3.05, 3.63) is 56.2 Å². The fraction of sp³-hybridized carbons (Fsp3) is 0.188. The Labute approximate surface area is 159 Å². The number of hydrogen-bond donors (Lipinski definition) is 1. The maximum atomic E-state index is 13.7. The summed E-state index contributed by atoms with van der Waals surface area (Å²) in [5.74, 6) is 0.438. The largest absolute Gasteiger partial charge is 0.506 e. The third-order valence-corrected chi connectivity index (χ3v) is 5.57. The first-order valence-corrected chi connectivity index (χ1v) is 9.21. The molecule has 0 radical (unpaired) electrons. The fourth-order valence-corrected chi connectivity index (χ4v) is 4.14. The van der Waals surface area contributed by atoms with Crippen LogP contribution >= 0.6 is 44.1 Å². The lowest BCUT2D eigenvalue weighted by atomic mass is 10.1. The molecule has 3 aromatic rings. The molecule has 2 heterocycles. The van der Waals surface area contributed by atoms with Gasteiger partial charge in [0.15, 0.2) is 5.82 Å². The Balaban J connectivity index is 1.93. The highest BCUT2D eigenvalue weighted by Gasteiger charge is 2.32.